The van der Waals surface area contributed by atoms with Gasteiger partial charge in [0.25, 0.3) is 0 Å². The second-order valence-electron chi connectivity index (χ2n) is 4.67. The van der Waals surface area contributed by atoms with Crippen molar-refractivity contribution in [3.63, 3.8) is 0 Å². The molecule has 3 nitrogen and oxygen atoms in total. The summed E-state index contributed by atoms with van der Waals surface area (Å²) in [5.41, 5.74) is 2.58. The van der Waals surface area contributed by atoms with Crippen LogP contribution in [0.1, 0.15) is 38.6 Å². The van der Waals surface area contributed by atoms with Crippen molar-refractivity contribution in [2.45, 2.75) is 32.6 Å². The van der Waals surface area contributed by atoms with Gasteiger partial charge in [-0.15, -0.1) is 0 Å². The van der Waals surface area contributed by atoms with Crippen LogP contribution in [0.4, 0.5) is 0 Å². The van der Waals surface area contributed by atoms with E-state index < -0.39 is 0 Å². The first-order chi connectivity index (χ1) is 7.56. The Morgan fingerprint density at radius 2 is 2.19 bits per heavy atom. The van der Waals surface area contributed by atoms with Crippen LogP contribution >= 0.6 is 0 Å². The zero-order chi connectivity index (χ0) is 11.8. The quantitative estimate of drug-likeness (QED) is 0.833. The molecule has 0 unspecified atom stereocenters. The van der Waals surface area contributed by atoms with Gasteiger partial charge in [0.05, 0.1) is 22.7 Å². The Morgan fingerprint density at radius 1 is 1.44 bits per heavy atom. The van der Waals surface area contributed by atoms with Crippen LogP contribution in [0.25, 0.3) is 11.0 Å². The van der Waals surface area contributed by atoms with Crippen molar-refractivity contribution in [2.24, 2.45) is 0 Å². The molecule has 82 valence electrons. The molecule has 2 aromatic rings. The summed E-state index contributed by atoms with van der Waals surface area (Å²) in [7, 11) is 0. The number of hydrogen-bond donors (Lipinski definition) is 1. The lowest BCUT2D eigenvalue weighted by Crippen LogP contribution is -2.17. The Bertz CT molecular complexity index is 558. The molecule has 16 heavy (non-hydrogen) atoms. The highest BCUT2D eigenvalue weighted by Gasteiger charge is 2.21. The van der Waals surface area contributed by atoms with Crippen LogP contribution in [0.5, 0.6) is 0 Å². The molecule has 3 heteroatoms. The molecule has 2 rings (SSSR count). The molecule has 0 aliphatic heterocycles. The van der Waals surface area contributed by atoms with Crippen LogP contribution in [0.2, 0.25) is 0 Å². The Labute approximate surface area is 95.1 Å². The summed E-state index contributed by atoms with van der Waals surface area (Å²) in [5.74, 6) is 0.986. The number of rotatable bonds is 2. The van der Waals surface area contributed by atoms with Crippen molar-refractivity contribution >= 4 is 11.0 Å². The Hall–Kier alpha value is -1.82. The number of aromatic amines is 1. The molecule has 0 bridgehead atoms. The van der Waals surface area contributed by atoms with E-state index in [1.807, 2.05) is 12.1 Å². The predicted molar refractivity (Wildman–Crippen MR) is 64.1 cm³/mol. The molecule has 0 aliphatic carbocycles. The first kappa shape index (κ1) is 10.7. The van der Waals surface area contributed by atoms with Crippen LogP contribution in [0, 0.1) is 11.3 Å². The highest BCUT2D eigenvalue weighted by atomic mass is 14.9. The van der Waals surface area contributed by atoms with Gasteiger partial charge in [-0.2, -0.15) is 5.26 Å². The van der Waals surface area contributed by atoms with Crippen LogP contribution in [0.15, 0.2) is 18.2 Å². The molecule has 0 radical (unpaired) electrons. The number of hydrogen-bond acceptors (Lipinski definition) is 2. The average Bonchev–Trinajstić information content (AvgIpc) is 2.72. The van der Waals surface area contributed by atoms with Crippen molar-refractivity contribution in [3.8, 4) is 6.07 Å². The summed E-state index contributed by atoms with van der Waals surface area (Å²) in [5, 5.41) is 8.83. The summed E-state index contributed by atoms with van der Waals surface area (Å²) in [4.78, 5) is 7.86. The fourth-order valence-electron chi connectivity index (χ4n) is 1.57. The second kappa shape index (κ2) is 3.64. The minimum absolute atomic E-state index is 0.0474. The van der Waals surface area contributed by atoms with Crippen molar-refractivity contribution in [1.82, 2.24) is 9.97 Å². The molecule has 0 fully saturated rings. The van der Waals surface area contributed by atoms with E-state index in [1.54, 1.807) is 6.07 Å². The molecule has 0 spiro atoms. The molecule has 0 amide bonds. The average molecular weight is 213 g/mol. The van der Waals surface area contributed by atoms with Gasteiger partial charge in [0.2, 0.25) is 0 Å². The van der Waals surface area contributed by atoms with Crippen molar-refractivity contribution in [3.05, 3.63) is 29.6 Å². The number of H-pyrrole nitrogens is 1. The van der Waals surface area contributed by atoms with Crippen LogP contribution in [-0.4, -0.2) is 9.97 Å². The molecule has 0 saturated carbocycles. The van der Waals surface area contributed by atoms with Crippen LogP contribution < -0.4 is 0 Å². The number of benzene rings is 1. The zero-order valence-electron chi connectivity index (χ0n) is 9.83. The fourth-order valence-corrected chi connectivity index (χ4v) is 1.57. The molecular weight excluding hydrogens is 198 g/mol. The number of fused-ring (bicyclic) bond motifs is 1. The molecule has 0 saturated heterocycles. The van der Waals surface area contributed by atoms with E-state index in [2.05, 4.69) is 36.8 Å². The summed E-state index contributed by atoms with van der Waals surface area (Å²) in [6.45, 7) is 6.47. The predicted octanol–water partition coefficient (Wildman–Crippen LogP) is 3.12. The molecular formula is C13H15N3. The molecule has 1 heterocycles. The van der Waals surface area contributed by atoms with Crippen molar-refractivity contribution < 1.29 is 0 Å². The van der Waals surface area contributed by atoms with Gasteiger partial charge in [0.1, 0.15) is 5.82 Å². The van der Waals surface area contributed by atoms with Crippen LogP contribution in [0.3, 0.4) is 0 Å². The topological polar surface area (TPSA) is 52.5 Å². The Kier molecular flexibility index (Phi) is 2.43. The zero-order valence-corrected chi connectivity index (χ0v) is 9.83. The number of aromatic nitrogens is 2. The molecule has 0 aliphatic rings. The minimum Gasteiger partial charge on any atom is -0.341 e. The van der Waals surface area contributed by atoms with E-state index in [4.69, 9.17) is 5.26 Å². The van der Waals surface area contributed by atoms with Gasteiger partial charge < -0.3 is 4.98 Å². The first-order valence-corrected chi connectivity index (χ1v) is 5.47. The Morgan fingerprint density at radius 3 is 2.81 bits per heavy atom. The number of nitriles is 1. The molecule has 1 aromatic heterocycles. The SMILES string of the molecule is CCC(C)(C)c1nc2ccc(C#N)cc2[nH]1. The normalized spacial score (nSPS) is 11.6. The molecule has 1 N–H and O–H groups in total. The third-order valence-corrected chi connectivity index (χ3v) is 3.14. The standard InChI is InChI=1S/C13H15N3/c1-4-13(2,3)12-15-10-6-5-9(8-14)7-11(10)16-12/h5-7H,4H2,1-3H3,(H,15,16). The highest BCUT2D eigenvalue weighted by Crippen LogP contribution is 2.26. The summed E-state index contributed by atoms with van der Waals surface area (Å²) >= 11 is 0. The number of imidazole rings is 1. The third kappa shape index (κ3) is 1.67. The van der Waals surface area contributed by atoms with Gasteiger partial charge >= 0.3 is 0 Å². The van der Waals surface area contributed by atoms with Gasteiger partial charge in [-0.3, -0.25) is 0 Å². The van der Waals surface area contributed by atoms with Crippen molar-refractivity contribution in [1.29, 1.82) is 5.26 Å². The van der Waals surface area contributed by atoms with Gasteiger partial charge in [-0.1, -0.05) is 20.8 Å². The van der Waals surface area contributed by atoms with Gasteiger partial charge in [-0.25, -0.2) is 4.98 Å². The highest BCUT2D eigenvalue weighted by molar-refractivity contribution is 5.76. The lowest BCUT2D eigenvalue weighted by Gasteiger charge is -2.18. The lowest BCUT2D eigenvalue weighted by atomic mass is 9.90. The van der Waals surface area contributed by atoms with Crippen molar-refractivity contribution in [2.75, 3.05) is 0 Å². The smallest absolute Gasteiger partial charge is 0.112 e. The van der Waals surface area contributed by atoms with Gasteiger partial charge in [0, 0.05) is 5.41 Å². The van der Waals surface area contributed by atoms with Gasteiger partial charge in [0.15, 0.2) is 0 Å². The molecule has 1 aromatic carbocycles. The Balaban J connectivity index is 2.57. The number of nitrogens with one attached hydrogen (secondary N) is 1. The largest absolute Gasteiger partial charge is 0.341 e. The summed E-state index contributed by atoms with van der Waals surface area (Å²) in [6.07, 6.45) is 1.03. The maximum absolute atomic E-state index is 8.83. The number of nitrogens with zero attached hydrogens (tertiary/aromatic N) is 2. The van der Waals surface area contributed by atoms with E-state index in [0.29, 0.717) is 5.56 Å². The first-order valence-electron chi connectivity index (χ1n) is 5.47. The summed E-state index contributed by atoms with van der Waals surface area (Å²) < 4.78 is 0. The van der Waals surface area contributed by atoms with E-state index in [9.17, 15) is 0 Å². The van der Waals surface area contributed by atoms with Crippen LogP contribution in [-0.2, 0) is 5.41 Å². The summed E-state index contributed by atoms with van der Waals surface area (Å²) in [6, 6.07) is 7.66. The van der Waals surface area contributed by atoms with Gasteiger partial charge in [-0.05, 0) is 24.6 Å². The van der Waals surface area contributed by atoms with E-state index >= 15 is 0 Å². The van der Waals surface area contributed by atoms with E-state index in [0.717, 1.165) is 23.3 Å². The monoisotopic (exact) mass is 213 g/mol. The second-order valence-corrected chi connectivity index (χ2v) is 4.67. The van der Waals surface area contributed by atoms with E-state index in [1.165, 1.54) is 0 Å². The van der Waals surface area contributed by atoms with E-state index in [-0.39, 0.29) is 5.41 Å². The third-order valence-electron chi connectivity index (χ3n) is 3.14. The lowest BCUT2D eigenvalue weighted by molar-refractivity contribution is 0.479. The minimum atomic E-state index is 0.0474. The maximum Gasteiger partial charge on any atom is 0.112 e. The fraction of sp³-hybridized carbons (Fsp3) is 0.385. The maximum atomic E-state index is 8.83. The molecule has 0 atom stereocenters.